The molecule has 0 saturated heterocycles. The summed E-state index contributed by atoms with van der Waals surface area (Å²) in [6.07, 6.45) is 3.08. The van der Waals surface area contributed by atoms with Gasteiger partial charge in [-0.2, -0.15) is 0 Å². The van der Waals surface area contributed by atoms with Gasteiger partial charge < -0.3 is 4.74 Å². The summed E-state index contributed by atoms with van der Waals surface area (Å²) in [5.41, 5.74) is 1.93. The zero-order chi connectivity index (χ0) is 13.7. The van der Waals surface area contributed by atoms with Crippen LogP contribution >= 0.6 is 11.6 Å². The molecule has 2 aromatic rings. The monoisotopic (exact) mass is 272 g/mol. The van der Waals surface area contributed by atoms with Crippen LogP contribution < -0.4 is 4.74 Å². The topological polar surface area (TPSA) is 26.3 Å². The Bertz CT molecular complexity index is 603. The number of esters is 1. The number of aryl methyl sites for hydroxylation is 1. The average Bonchev–Trinajstić information content (AvgIpc) is 2.42. The largest absolute Gasteiger partial charge is 0.422 e. The van der Waals surface area contributed by atoms with Gasteiger partial charge in [0, 0.05) is 6.08 Å². The zero-order valence-corrected chi connectivity index (χ0v) is 11.2. The first-order chi connectivity index (χ1) is 9.15. The Labute approximate surface area is 117 Å². The fourth-order valence-corrected chi connectivity index (χ4v) is 1.72. The van der Waals surface area contributed by atoms with Gasteiger partial charge in [-0.1, -0.05) is 48.0 Å². The summed E-state index contributed by atoms with van der Waals surface area (Å²) in [5, 5.41) is 0.423. The number of hydrogen-bond acceptors (Lipinski definition) is 2. The maximum absolute atomic E-state index is 11.7. The molecule has 2 nitrogen and oxygen atoms in total. The SMILES string of the molecule is Cc1ccc(Cl)c(OC(=O)/C=C/c2ccccc2)c1. The molecule has 96 valence electrons. The molecule has 3 heteroatoms. The molecule has 0 saturated carbocycles. The van der Waals surface area contributed by atoms with Crippen molar-refractivity contribution in [3.63, 3.8) is 0 Å². The van der Waals surface area contributed by atoms with Crippen LogP contribution in [0, 0.1) is 6.92 Å². The number of rotatable bonds is 3. The van der Waals surface area contributed by atoms with E-state index in [1.807, 2.05) is 43.3 Å². The minimum atomic E-state index is -0.448. The summed E-state index contributed by atoms with van der Waals surface area (Å²) in [6, 6.07) is 14.8. The highest BCUT2D eigenvalue weighted by Gasteiger charge is 2.05. The fourth-order valence-electron chi connectivity index (χ4n) is 1.56. The third kappa shape index (κ3) is 3.97. The van der Waals surface area contributed by atoms with Crippen LogP contribution in [-0.4, -0.2) is 5.97 Å². The van der Waals surface area contributed by atoms with Crippen molar-refractivity contribution in [2.24, 2.45) is 0 Å². The Morgan fingerprint density at radius 2 is 1.89 bits per heavy atom. The van der Waals surface area contributed by atoms with E-state index in [2.05, 4.69) is 0 Å². The molecule has 2 aromatic carbocycles. The Kier molecular flexibility index (Phi) is 4.37. The predicted octanol–water partition coefficient (Wildman–Crippen LogP) is 4.27. The molecule has 0 N–H and O–H groups in total. The van der Waals surface area contributed by atoms with Crippen LogP contribution in [0.25, 0.3) is 6.08 Å². The van der Waals surface area contributed by atoms with Crippen molar-refractivity contribution in [2.75, 3.05) is 0 Å². The molecule has 0 unspecified atom stereocenters. The van der Waals surface area contributed by atoms with E-state index >= 15 is 0 Å². The minimum Gasteiger partial charge on any atom is -0.422 e. The van der Waals surface area contributed by atoms with Gasteiger partial charge in [0.05, 0.1) is 5.02 Å². The molecule has 0 fully saturated rings. The quantitative estimate of drug-likeness (QED) is 0.474. The molecule has 0 aromatic heterocycles. The summed E-state index contributed by atoms with van der Waals surface area (Å²) in [7, 11) is 0. The maximum atomic E-state index is 11.7. The summed E-state index contributed by atoms with van der Waals surface area (Å²) < 4.78 is 5.19. The predicted molar refractivity (Wildman–Crippen MR) is 77.3 cm³/mol. The first kappa shape index (κ1) is 13.4. The van der Waals surface area contributed by atoms with Gasteiger partial charge in [-0.05, 0) is 36.3 Å². The van der Waals surface area contributed by atoms with Gasteiger partial charge >= 0.3 is 5.97 Å². The van der Waals surface area contributed by atoms with Crippen LogP contribution in [0.3, 0.4) is 0 Å². The van der Waals surface area contributed by atoms with Gasteiger partial charge in [0.25, 0.3) is 0 Å². The number of hydrogen-bond donors (Lipinski definition) is 0. The number of carbonyl (C=O) groups is 1. The van der Waals surface area contributed by atoms with E-state index in [0.717, 1.165) is 11.1 Å². The van der Waals surface area contributed by atoms with E-state index in [0.29, 0.717) is 10.8 Å². The van der Waals surface area contributed by atoms with Gasteiger partial charge in [0.2, 0.25) is 0 Å². The summed E-state index contributed by atoms with van der Waals surface area (Å²) in [5.74, 6) is -0.0688. The van der Waals surface area contributed by atoms with Gasteiger partial charge in [0.15, 0.2) is 0 Å². The Morgan fingerprint density at radius 1 is 1.16 bits per heavy atom. The third-order valence-corrected chi connectivity index (χ3v) is 2.82. The normalized spacial score (nSPS) is 10.6. The molecule has 0 aliphatic rings. The molecular weight excluding hydrogens is 260 g/mol. The highest BCUT2D eigenvalue weighted by molar-refractivity contribution is 6.32. The van der Waals surface area contributed by atoms with Crippen molar-refractivity contribution in [3.8, 4) is 5.75 Å². The lowest BCUT2D eigenvalue weighted by atomic mass is 10.2. The van der Waals surface area contributed by atoms with Gasteiger partial charge in [0.1, 0.15) is 5.75 Å². The molecule has 19 heavy (non-hydrogen) atoms. The van der Waals surface area contributed by atoms with Gasteiger partial charge in [-0.3, -0.25) is 0 Å². The van der Waals surface area contributed by atoms with Crippen LogP contribution in [0.4, 0.5) is 0 Å². The molecule has 0 bridgehead atoms. The second-order valence-electron chi connectivity index (χ2n) is 4.10. The molecule has 0 radical (unpaired) electrons. The number of ether oxygens (including phenoxy) is 1. The standard InChI is InChI=1S/C16H13ClO2/c1-12-7-9-14(17)15(11-12)19-16(18)10-8-13-5-3-2-4-6-13/h2-11H,1H3/b10-8+. The van der Waals surface area contributed by atoms with Gasteiger partial charge in [-0.25, -0.2) is 4.79 Å². The molecule has 0 spiro atoms. The third-order valence-electron chi connectivity index (χ3n) is 2.51. The molecule has 0 aliphatic carbocycles. The molecule has 0 amide bonds. The first-order valence-corrected chi connectivity index (χ1v) is 6.24. The fraction of sp³-hybridized carbons (Fsp3) is 0.0625. The Morgan fingerprint density at radius 3 is 2.63 bits per heavy atom. The average molecular weight is 273 g/mol. The van der Waals surface area contributed by atoms with Crippen LogP contribution in [0.2, 0.25) is 5.02 Å². The Balaban J connectivity index is 2.06. The lowest BCUT2D eigenvalue weighted by Crippen LogP contribution is -2.04. The van der Waals surface area contributed by atoms with Crippen molar-refractivity contribution < 1.29 is 9.53 Å². The number of halogens is 1. The van der Waals surface area contributed by atoms with E-state index in [-0.39, 0.29) is 0 Å². The second-order valence-corrected chi connectivity index (χ2v) is 4.51. The molecular formula is C16H13ClO2. The van der Waals surface area contributed by atoms with Crippen molar-refractivity contribution in [1.29, 1.82) is 0 Å². The van der Waals surface area contributed by atoms with Crippen LogP contribution in [0.5, 0.6) is 5.75 Å². The van der Waals surface area contributed by atoms with Crippen molar-refractivity contribution in [1.82, 2.24) is 0 Å². The lowest BCUT2D eigenvalue weighted by molar-refractivity contribution is -0.128. The van der Waals surface area contributed by atoms with Crippen LogP contribution in [0.15, 0.2) is 54.6 Å². The second kappa shape index (κ2) is 6.21. The lowest BCUT2D eigenvalue weighted by Gasteiger charge is -2.04. The molecule has 0 aliphatic heterocycles. The summed E-state index contributed by atoms with van der Waals surface area (Å²) in [6.45, 7) is 1.91. The summed E-state index contributed by atoms with van der Waals surface area (Å²) in [4.78, 5) is 11.7. The highest BCUT2D eigenvalue weighted by atomic mass is 35.5. The van der Waals surface area contributed by atoms with Gasteiger partial charge in [-0.15, -0.1) is 0 Å². The van der Waals surface area contributed by atoms with Crippen LogP contribution in [-0.2, 0) is 4.79 Å². The van der Waals surface area contributed by atoms with Crippen molar-refractivity contribution in [3.05, 3.63) is 70.8 Å². The van der Waals surface area contributed by atoms with E-state index in [1.54, 1.807) is 18.2 Å². The number of benzene rings is 2. The highest BCUT2D eigenvalue weighted by Crippen LogP contribution is 2.25. The van der Waals surface area contributed by atoms with E-state index < -0.39 is 5.97 Å². The molecule has 0 heterocycles. The number of carbonyl (C=O) groups excluding carboxylic acids is 1. The van der Waals surface area contributed by atoms with Crippen molar-refractivity contribution in [2.45, 2.75) is 6.92 Å². The van der Waals surface area contributed by atoms with Crippen LogP contribution in [0.1, 0.15) is 11.1 Å². The zero-order valence-electron chi connectivity index (χ0n) is 10.5. The van der Waals surface area contributed by atoms with Crippen molar-refractivity contribution >= 4 is 23.6 Å². The van der Waals surface area contributed by atoms with E-state index in [1.165, 1.54) is 6.08 Å². The van der Waals surface area contributed by atoms with E-state index in [4.69, 9.17) is 16.3 Å². The minimum absolute atomic E-state index is 0.379. The summed E-state index contributed by atoms with van der Waals surface area (Å²) >= 11 is 5.96. The maximum Gasteiger partial charge on any atom is 0.336 e. The smallest absolute Gasteiger partial charge is 0.336 e. The molecule has 2 rings (SSSR count). The van der Waals surface area contributed by atoms with E-state index in [9.17, 15) is 4.79 Å². The Hall–Kier alpha value is -2.06. The first-order valence-electron chi connectivity index (χ1n) is 5.86. The molecule has 0 atom stereocenters.